The van der Waals surface area contributed by atoms with Gasteiger partial charge in [0, 0.05) is 24.6 Å². The minimum Gasteiger partial charge on any atom is -0.289 e. The Hall–Kier alpha value is -2.32. The quantitative estimate of drug-likeness (QED) is 0.659. The summed E-state index contributed by atoms with van der Waals surface area (Å²) in [7, 11) is 1.67. The standard InChI is InChI=1S/C17H15FN4OS2/c1-22(15(23)11-24-10-12-5-3-2-4-6-12)17-21-20-16(25-17)13-7-14(18)9-19-8-13/h2-9H,10-11H2,1H3. The highest BCUT2D eigenvalue weighted by atomic mass is 32.2. The summed E-state index contributed by atoms with van der Waals surface area (Å²) in [6.07, 6.45) is 2.65. The van der Waals surface area contributed by atoms with Crippen LogP contribution in [0.4, 0.5) is 9.52 Å². The average molecular weight is 374 g/mol. The Morgan fingerprint density at radius 2 is 2.04 bits per heavy atom. The van der Waals surface area contributed by atoms with Crippen molar-refractivity contribution < 1.29 is 9.18 Å². The molecule has 1 amide bonds. The molecule has 0 aliphatic carbocycles. The van der Waals surface area contributed by atoms with Crippen molar-refractivity contribution in [3.05, 3.63) is 60.2 Å². The maximum Gasteiger partial charge on any atom is 0.238 e. The van der Waals surface area contributed by atoms with E-state index in [0.29, 0.717) is 21.5 Å². The molecule has 0 fully saturated rings. The van der Waals surface area contributed by atoms with E-state index in [1.807, 2.05) is 30.3 Å². The molecule has 128 valence electrons. The number of rotatable bonds is 6. The van der Waals surface area contributed by atoms with E-state index in [9.17, 15) is 9.18 Å². The number of pyridine rings is 1. The molecule has 0 saturated carbocycles. The van der Waals surface area contributed by atoms with E-state index in [1.165, 1.54) is 34.1 Å². The summed E-state index contributed by atoms with van der Waals surface area (Å²) >= 11 is 2.78. The molecule has 0 aliphatic heterocycles. The molecule has 0 radical (unpaired) electrons. The Morgan fingerprint density at radius 3 is 2.80 bits per heavy atom. The van der Waals surface area contributed by atoms with Gasteiger partial charge >= 0.3 is 0 Å². The van der Waals surface area contributed by atoms with Crippen molar-refractivity contribution in [3.63, 3.8) is 0 Å². The summed E-state index contributed by atoms with van der Waals surface area (Å²) in [5.41, 5.74) is 1.72. The molecule has 5 nitrogen and oxygen atoms in total. The molecule has 8 heteroatoms. The highest BCUT2D eigenvalue weighted by Gasteiger charge is 2.16. The van der Waals surface area contributed by atoms with E-state index in [2.05, 4.69) is 15.2 Å². The first kappa shape index (κ1) is 17.5. The van der Waals surface area contributed by atoms with Crippen LogP contribution in [0.3, 0.4) is 0 Å². The third kappa shape index (κ3) is 4.61. The van der Waals surface area contributed by atoms with Gasteiger partial charge < -0.3 is 0 Å². The normalized spacial score (nSPS) is 10.6. The first-order valence-corrected chi connectivity index (χ1v) is 9.43. The second-order valence-electron chi connectivity index (χ2n) is 5.21. The van der Waals surface area contributed by atoms with Crippen molar-refractivity contribution in [1.29, 1.82) is 0 Å². The Kier molecular flexibility index (Phi) is 5.72. The lowest BCUT2D eigenvalue weighted by molar-refractivity contribution is -0.115. The number of aromatic nitrogens is 3. The molecule has 1 aromatic carbocycles. The maximum absolute atomic E-state index is 13.3. The van der Waals surface area contributed by atoms with E-state index < -0.39 is 5.82 Å². The average Bonchev–Trinajstić information content (AvgIpc) is 3.12. The number of benzene rings is 1. The number of hydrogen-bond donors (Lipinski definition) is 0. The van der Waals surface area contributed by atoms with E-state index in [1.54, 1.807) is 18.8 Å². The lowest BCUT2D eigenvalue weighted by atomic mass is 10.2. The highest BCUT2D eigenvalue weighted by molar-refractivity contribution is 7.99. The molecule has 0 N–H and O–H groups in total. The number of nitrogens with zero attached hydrogens (tertiary/aromatic N) is 4. The molecule has 3 aromatic rings. The summed E-state index contributed by atoms with van der Waals surface area (Å²) in [6.45, 7) is 0. The first-order valence-electron chi connectivity index (χ1n) is 7.46. The SMILES string of the molecule is CN(C(=O)CSCc1ccccc1)c1nnc(-c2cncc(F)c2)s1. The monoisotopic (exact) mass is 374 g/mol. The Balaban J connectivity index is 1.59. The van der Waals surface area contributed by atoms with Crippen LogP contribution in [0.5, 0.6) is 0 Å². The van der Waals surface area contributed by atoms with Gasteiger partial charge in [0.1, 0.15) is 5.82 Å². The van der Waals surface area contributed by atoms with Gasteiger partial charge in [-0.1, -0.05) is 41.7 Å². The van der Waals surface area contributed by atoms with Crippen molar-refractivity contribution >= 4 is 34.1 Å². The van der Waals surface area contributed by atoms with E-state index in [-0.39, 0.29) is 5.91 Å². The predicted molar refractivity (Wildman–Crippen MR) is 99.1 cm³/mol. The van der Waals surface area contributed by atoms with Gasteiger partial charge in [-0.05, 0) is 11.6 Å². The largest absolute Gasteiger partial charge is 0.289 e. The summed E-state index contributed by atoms with van der Waals surface area (Å²) < 4.78 is 13.3. The second-order valence-corrected chi connectivity index (χ2v) is 7.15. The van der Waals surface area contributed by atoms with Crippen LogP contribution in [0.2, 0.25) is 0 Å². The zero-order valence-corrected chi connectivity index (χ0v) is 15.1. The summed E-state index contributed by atoms with van der Waals surface area (Å²) in [5.74, 6) is 0.635. The van der Waals surface area contributed by atoms with Gasteiger partial charge in [0.15, 0.2) is 5.01 Å². The molecule has 0 saturated heterocycles. The van der Waals surface area contributed by atoms with Gasteiger partial charge in [0.25, 0.3) is 0 Å². The Bertz CT molecular complexity index is 857. The highest BCUT2D eigenvalue weighted by Crippen LogP contribution is 2.28. The topological polar surface area (TPSA) is 59.0 Å². The molecule has 0 aliphatic rings. The Morgan fingerprint density at radius 1 is 1.24 bits per heavy atom. The van der Waals surface area contributed by atoms with Gasteiger partial charge in [-0.2, -0.15) is 0 Å². The van der Waals surface area contributed by atoms with Crippen LogP contribution >= 0.6 is 23.1 Å². The third-order valence-corrected chi connectivity index (χ3v) is 5.40. The molecule has 2 aromatic heterocycles. The zero-order valence-electron chi connectivity index (χ0n) is 13.4. The lowest BCUT2D eigenvalue weighted by Gasteiger charge is -2.12. The first-order chi connectivity index (χ1) is 12.1. The number of amides is 1. The number of carbonyl (C=O) groups is 1. The number of carbonyl (C=O) groups excluding carboxylic acids is 1. The van der Waals surface area contributed by atoms with Crippen LogP contribution < -0.4 is 4.90 Å². The van der Waals surface area contributed by atoms with Crippen molar-refractivity contribution in [3.8, 4) is 10.6 Å². The van der Waals surface area contributed by atoms with Crippen molar-refractivity contribution in [2.45, 2.75) is 5.75 Å². The molecule has 25 heavy (non-hydrogen) atoms. The summed E-state index contributed by atoms with van der Waals surface area (Å²) in [5, 5.41) is 9.05. The van der Waals surface area contributed by atoms with Crippen LogP contribution in [0.25, 0.3) is 10.6 Å². The minimum absolute atomic E-state index is 0.0546. The number of anilines is 1. The molecule has 0 spiro atoms. The number of thioether (sulfide) groups is 1. The fourth-order valence-corrected chi connectivity index (χ4v) is 3.73. The number of hydrogen-bond acceptors (Lipinski definition) is 6. The zero-order chi connectivity index (χ0) is 17.6. The molecular formula is C17H15FN4OS2. The van der Waals surface area contributed by atoms with E-state index >= 15 is 0 Å². The van der Waals surface area contributed by atoms with Gasteiger partial charge in [-0.25, -0.2) is 4.39 Å². The van der Waals surface area contributed by atoms with Crippen molar-refractivity contribution in [2.24, 2.45) is 0 Å². The minimum atomic E-state index is -0.434. The second kappa shape index (κ2) is 8.17. The van der Waals surface area contributed by atoms with Crippen LogP contribution in [0.1, 0.15) is 5.56 Å². The maximum atomic E-state index is 13.3. The molecule has 0 unspecified atom stereocenters. The summed E-state index contributed by atoms with van der Waals surface area (Å²) in [4.78, 5) is 17.6. The molecule has 0 bridgehead atoms. The molecular weight excluding hydrogens is 359 g/mol. The fourth-order valence-electron chi connectivity index (χ4n) is 2.03. The van der Waals surface area contributed by atoms with Crippen molar-refractivity contribution in [2.75, 3.05) is 17.7 Å². The van der Waals surface area contributed by atoms with Crippen LogP contribution in [-0.4, -0.2) is 33.9 Å². The van der Waals surface area contributed by atoms with Gasteiger partial charge in [0.05, 0.1) is 11.9 Å². The fraction of sp³-hybridized carbons (Fsp3) is 0.176. The summed E-state index contributed by atoms with van der Waals surface area (Å²) in [6, 6.07) is 11.3. The predicted octanol–water partition coefficient (Wildman–Crippen LogP) is 3.64. The lowest BCUT2D eigenvalue weighted by Crippen LogP contribution is -2.27. The smallest absolute Gasteiger partial charge is 0.238 e. The van der Waals surface area contributed by atoms with E-state index in [0.717, 1.165) is 11.9 Å². The number of halogens is 1. The van der Waals surface area contributed by atoms with Crippen LogP contribution in [-0.2, 0) is 10.5 Å². The molecule has 2 heterocycles. The third-order valence-electron chi connectivity index (χ3n) is 3.36. The van der Waals surface area contributed by atoms with Crippen molar-refractivity contribution in [1.82, 2.24) is 15.2 Å². The molecule has 3 rings (SSSR count). The van der Waals surface area contributed by atoms with Gasteiger partial charge in [-0.3, -0.25) is 14.7 Å². The van der Waals surface area contributed by atoms with Crippen LogP contribution in [0.15, 0.2) is 48.8 Å². The van der Waals surface area contributed by atoms with E-state index in [4.69, 9.17) is 0 Å². The van der Waals surface area contributed by atoms with Gasteiger partial charge in [0.2, 0.25) is 11.0 Å². The van der Waals surface area contributed by atoms with Gasteiger partial charge in [-0.15, -0.1) is 22.0 Å². The van der Waals surface area contributed by atoms with Crippen LogP contribution in [0, 0.1) is 5.82 Å². The molecule has 0 atom stereocenters. The Labute approximate surface area is 152 Å².